The Morgan fingerprint density at radius 3 is 2.32 bits per heavy atom. The molecule has 22 heavy (non-hydrogen) atoms. The highest BCUT2D eigenvalue weighted by atomic mass is 35.5. The van der Waals surface area contributed by atoms with Crippen LogP contribution in [0, 0.1) is 0 Å². The molecule has 0 radical (unpaired) electrons. The van der Waals surface area contributed by atoms with E-state index >= 15 is 0 Å². The summed E-state index contributed by atoms with van der Waals surface area (Å²) in [4.78, 5) is 25.8. The van der Waals surface area contributed by atoms with E-state index in [0.29, 0.717) is 5.02 Å². The lowest BCUT2D eigenvalue weighted by atomic mass is 9.92. The third-order valence-corrected chi connectivity index (χ3v) is 6.08. The molecule has 2 aliphatic rings. The molecule has 2 heterocycles. The van der Waals surface area contributed by atoms with Gasteiger partial charge in [0.2, 0.25) is 0 Å². The van der Waals surface area contributed by atoms with Crippen LogP contribution in [-0.4, -0.2) is 42.3 Å². The molecule has 0 atom stereocenters. The van der Waals surface area contributed by atoms with E-state index in [1.807, 2.05) is 0 Å². The fourth-order valence-electron chi connectivity index (χ4n) is 2.82. The van der Waals surface area contributed by atoms with Gasteiger partial charge in [-0.1, -0.05) is 23.7 Å². The van der Waals surface area contributed by atoms with Crippen molar-refractivity contribution in [2.45, 2.75) is 24.9 Å². The van der Waals surface area contributed by atoms with Gasteiger partial charge in [0.1, 0.15) is 5.54 Å². The molecule has 1 aromatic carbocycles. The number of carbonyl (C=O) groups is 2. The average molecular weight is 343 g/mol. The number of nitrogens with one attached hydrogen (secondary N) is 1. The first-order valence-electron chi connectivity index (χ1n) is 6.90. The lowest BCUT2D eigenvalue weighted by Gasteiger charge is -2.30. The van der Waals surface area contributed by atoms with Crippen LogP contribution in [0.15, 0.2) is 24.3 Å². The van der Waals surface area contributed by atoms with Crippen LogP contribution in [0.25, 0.3) is 0 Å². The number of nitrogens with zero attached hydrogens (tertiary/aromatic N) is 1. The predicted molar refractivity (Wildman–Crippen MR) is 81.2 cm³/mol. The van der Waals surface area contributed by atoms with Crippen molar-refractivity contribution >= 4 is 33.4 Å². The summed E-state index contributed by atoms with van der Waals surface area (Å²) in [6.07, 6.45) is 0.272. The molecular weight excluding hydrogens is 328 g/mol. The first kappa shape index (κ1) is 15.3. The standard InChI is InChI=1S/C14H15ClN2O4S/c15-11-3-1-10(2-4-11)9-17-12(18)14(16-13(17)19)5-7-22(20,21)8-6-14/h1-4H,5-9H2,(H,16,19). The van der Waals surface area contributed by atoms with Crippen molar-refractivity contribution in [3.05, 3.63) is 34.9 Å². The maximum atomic E-state index is 12.6. The van der Waals surface area contributed by atoms with Crippen LogP contribution in [0.4, 0.5) is 4.79 Å². The first-order valence-corrected chi connectivity index (χ1v) is 9.10. The van der Waals surface area contributed by atoms with E-state index in [1.165, 1.54) is 0 Å². The Hall–Kier alpha value is -1.60. The molecule has 1 N–H and O–H groups in total. The normalized spacial score (nSPS) is 22.9. The molecule has 0 unspecified atom stereocenters. The van der Waals surface area contributed by atoms with Crippen molar-refractivity contribution in [1.29, 1.82) is 0 Å². The lowest BCUT2D eigenvalue weighted by Crippen LogP contribution is -2.52. The molecule has 2 aliphatic heterocycles. The second-order valence-corrected chi connectivity index (χ2v) is 8.42. The fraction of sp³-hybridized carbons (Fsp3) is 0.429. The van der Waals surface area contributed by atoms with Crippen LogP contribution in [0.3, 0.4) is 0 Å². The van der Waals surface area contributed by atoms with E-state index in [0.717, 1.165) is 10.5 Å². The maximum Gasteiger partial charge on any atom is 0.325 e. The Bertz CT molecular complexity index is 716. The van der Waals surface area contributed by atoms with Gasteiger partial charge in [-0.3, -0.25) is 9.69 Å². The number of halogens is 1. The van der Waals surface area contributed by atoms with Crippen molar-refractivity contribution < 1.29 is 18.0 Å². The van der Waals surface area contributed by atoms with Crippen molar-refractivity contribution in [1.82, 2.24) is 10.2 Å². The van der Waals surface area contributed by atoms with Crippen molar-refractivity contribution in [2.75, 3.05) is 11.5 Å². The second kappa shape index (κ2) is 5.24. The van der Waals surface area contributed by atoms with Gasteiger partial charge in [-0.25, -0.2) is 13.2 Å². The van der Waals surface area contributed by atoms with Gasteiger partial charge >= 0.3 is 6.03 Å². The number of imide groups is 1. The number of sulfone groups is 1. The number of benzene rings is 1. The van der Waals surface area contributed by atoms with E-state index in [9.17, 15) is 18.0 Å². The van der Waals surface area contributed by atoms with E-state index < -0.39 is 21.4 Å². The SMILES string of the molecule is O=C1NC2(CCS(=O)(=O)CC2)C(=O)N1Cc1ccc(Cl)cc1. The molecule has 3 rings (SSSR count). The number of hydrogen-bond donors (Lipinski definition) is 1. The number of amides is 3. The highest BCUT2D eigenvalue weighted by Crippen LogP contribution is 2.31. The highest BCUT2D eigenvalue weighted by Gasteiger charge is 2.53. The van der Waals surface area contributed by atoms with Crippen LogP contribution >= 0.6 is 11.6 Å². The predicted octanol–water partition coefficient (Wildman–Crippen LogP) is 1.34. The summed E-state index contributed by atoms with van der Waals surface area (Å²) >= 11 is 5.81. The van der Waals surface area contributed by atoms with Crippen LogP contribution in [0.1, 0.15) is 18.4 Å². The minimum absolute atomic E-state index is 0.0756. The van der Waals surface area contributed by atoms with E-state index in [1.54, 1.807) is 24.3 Å². The summed E-state index contributed by atoms with van der Waals surface area (Å²) in [7, 11) is -3.10. The monoisotopic (exact) mass is 342 g/mol. The number of carbonyl (C=O) groups excluding carboxylic acids is 2. The molecule has 8 heteroatoms. The van der Waals surface area contributed by atoms with Gasteiger partial charge in [-0.05, 0) is 30.5 Å². The second-order valence-electron chi connectivity index (χ2n) is 5.68. The van der Waals surface area contributed by atoms with Gasteiger partial charge < -0.3 is 5.32 Å². The molecule has 1 spiro atoms. The average Bonchev–Trinajstić information content (AvgIpc) is 2.70. The Kier molecular flexibility index (Phi) is 3.65. The zero-order valence-corrected chi connectivity index (χ0v) is 13.3. The Morgan fingerprint density at radius 2 is 1.73 bits per heavy atom. The molecule has 3 amide bonds. The number of hydrogen-bond acceptors (Lipinski definition) is 4. The summed E-state index contributed by atoms with van der Waals surface area (Å²) in [6, 6.07) is 6.41. The highest BCUT2D eigenvalue weighted by molar-refractivity contribution is 7.91. The maximum absolute atomic E-state index is 12.6. The molecule has 0 aromatic heterocycles. The van der Waals surface area contributed by atoms with E-state index in [2.05, 4.69) is 5.32 Å². The van der Waals surface area contributed by atoms with Crippen LogP contribution in [-0.2, 0) is 21.2 Å². The van der Waals surface area contributed by atoms with Crippen LogP contribution < -0.4 is 5.32 Å². The number of rotatable bonds is 2. The molecule has 2 saturated heterocycles. The van der Waals surface area contributed by atoms with Crippen LogP contribution in [0.5, 0.6) is 0 Å². The van der Waals surface area contributed by atoms with Gasteiger partial charge in [0.05, 0.1) is 18.1 Å². The van der Waals surface area contributed by atoms with Gasteiger partial charge in [-0.15, -0.1) is 0 Å². The zero-order chi connectivity index (χ0) is 16.0. The minimum Gasteiger partial charge on any atom is -0.323 e. The van der Waals surface area contributed by atoms with Crippen molar-refractivity contribution in [2.24, 2.45) is 0 Å². The van der Waals surface area contributed by atoms with Gasteiger partial charge in [0, 0.05) is 5.02 Å². The molecule has 0 aliphatic carbocycles. The lowest BCUT2D eigenvalue weighted by molar-refractivity contribution is -0.132. The summed E-state index contributed by atoms with van der Waals surface area (Å²) in [6.45, 7) is 0.149. The first-order chi connectivity index (χ1) is 10.3. The molecule has 2 fully saturated rings. The van der Waals surface area contributed by atoms with Gasteiger partial charge in [0.25, 0.3) is 5.91 Å². The summed E-state index contributed by atoms with van der Waals surface area (Å²) in [5.74, 6) is -0.496. The largest absolute Gasteiger partial charge is 0.325 e. The Labute approximate surface area is 133 Å². The molecule has 1 aromatic rings. The smallest absolute Gasteiger partial charge is 0.323 e. The topological polar surface area (TPSA) is 83.5 Å². The Morgan fingerprint density at radius 1 is 1.14 bits per heavy atom. The molecule has 118 valence electrons. The molecule has 0 bridgehead atoms. The molecule has 6 nitrogen and oxygen atoms in total. The quantitative estimate of drug-likeness (QED) is 0.822. The summed E-state index contributed by atoms with van der Waals surface area (Å²) in [5, 5.41) is 3.26. The third kappa shape index (κ3) is 2.70. The van der Waals surface area contributed by atoms with E-state index in [-0.39, 0.29) is 36.8 Å². The fourth-order valence-corrected chi connectivity index (χ4v) is 4.47. The van der Waals surface area contributed by atoms with Crippen LogP contribution in [0.2, 0.25) is 5.02 Å². The van der Waals surface area contributed by atoms with Gasteiger partial charge in [0.15, 0.2) is 9.84 Å². The van der Waals surface area contributed by atoms with Gasteiger partial charge in [-0.2, -0.15) is 0 Å². The van der Waals surface area contributed by atoms with Crippen molar-refractivity contribution in [3.8, 4) is 0 Å². The zero-order valence-electron chi connectivity index (χ0n) is 11.7. The van der Waals surface area contributed by atoms with Crippen molar-refractivity contribution in [3.63, 3.8) is 0 Å². The summed E-state index contributed by atoms with van der Waals surface area (Å²) < 4.78 is 23.1. The molecule has 0 saturated carbocycles. The summed E-state index contributed by atoms with van der Waals surface area (Å²) in [5.41, 5.74) is -0.275. The van der Waals surface area contributed by atoms with E-state index in [4.69, 9.17) is 11.6 Å². The molecular formula is C14H15ClN2O4S. The number of urea groups is 1. The minimum atomic E-state index is -3.10. The Balaban J connectivity index is 1.79. The third-order valence-electron chi connectivity index (χ3n) is 4.18.